The average molecular weight is 520 g/mol. The second-order valence-corrected chi connectivity index (χ2v) is 10.5. The van der Waals surface area contributed by atoms with Gasteiger partial charge in [0.15, 0.2) is 0 Å². The molecule has 3 aliphatic heterocycles. The highest BCUT2D eigenvalue weighted by Gasteiger charge is 2.55. The molecule has 5 rings (SSSR count). The highest BCUT2D eigenvalue weighted by Crippen LogP contribution is 2.47. The fraction of sp³-hybridized carbons (Fsp3) is 0.467. The predicted octanol–water partition coefficient (Wildman–Crippen LogP) is 4.32. The Morgan fingerprint density at radius 2 is 1.68 bits per heavy atom. The average Bonchev–Trinajstić information content (AvgIpc) is 3.03. The van der Waals surface area contributed by atoms with Crippen LogP contribution in [-0.2, 0) is 17.7 Å². The second-order valence-electron chi connectivity index (χ2n) is 10.5. The Hall–Kier alpha value is -3.52. The fourth-order valence-electron chi connectivity index (χ4n) is 6.37. The molecule has 8 nitrogen and oxygen atoms in total. The lowest BCUT2D eigenvalue weighted by Crippen LogP contribution is -2.55. The van der Waals surface area contributed by atoms with Gasteiger partial charge in [0.1, 0.15) is 11.5 Å². The molecule has 2 aromatic rings. The SMILES string of the molecule is COCCN1C(=O)N2Cc3cc(OC)cc(OC)c3CC=C2C12CCN(C(=O)c1cc(C)cc(C)c1)CC2. The first-order valence-corrected chi connectivity index (χ1v) is 13.2. The van der Waals surface area contributed by atoms with Crippen LogP contribution in [0.15, 0.2) is 42.1 Å². The van der Waals surface area contributed by atoms with E-state index in [1.165, 1.54) is 0 Å². The van der Waals surface area contributed by atoms with Crippen LogP contribution >= 0.6 is 0 Å². The summed E-state index contributed by atoms with van der Waals surface area (Å²) in [7, 11) is 4.96. The van der Waals surface area contributed by atoms with Gasteiger partial charge < -0.3 is 24.0 Å². The molecule has 2 saturated heterocycles. The number of hydrogen-bond acceptors (Lipinski definition) is 5. The molecule has 3 heterocycles. The summed E-state index contributed by atoms with van der Waals surface area (Å²) in [5.41, 5.74) is 5.53. The quantitative estimate of drug-likeness (QED) is 0.569. The van der Waals surface area contributed by atoms with Crippen molar-refractivity contribution in [3.05, 3.63) is 69.9 Å². The van der Waals surface area contributed by atoms with Crippen molar-refractivity contribution >= 4 is 11.9 Å². The first-order valence-electron chi connectivity index (χ1n) is 13.2. The number of carbonyl (C=O) groups is 2. The Morgan fingerprint density at radius 3 is 2.32 bits per heavy atom. The van der Waals surface area contributed by atoms with Gasteiger partial charge in [-0.2, -0.15) is 0 Å². The Labute approximate surface area is 224 Å². The minimum atomic E-state index is -0.478. The van der Waals surface area contributed by atoms with Crippen LogP contribution in [-0.4, -0.2) is 79.7 Å². The van der Waals surface area contributed by atoms with Crippen LogP contribution in [0.5, 0.6) is 11.5 Å². The molecule has 0 N–H and O–H groups in total. The van der Waals surface area contributed by atoms with Crippen molar-refractivity contribution in [2.75, 3.05) is 47.6 Å². The summed E-state index contributed by atoms with van der Waals surface area (Å²) in [5, 5.41) is 0. The normalized spacial score (nSPS) is 18.2. The van der Waals surface area contributed by atoms with Gasteiger partial charge in [-0.3, -0.25) is 9.69 Å². The number of hydrogen-bond donors (Lipinski definition) is 0. The van der Waals surface area contributed by atoms with Crippen LogP contribution < -0.4 is 9.47 Å². The molecule has 8 heteroatoms. The van der Waals surface area contributed by atoms with Crippen molar-refractivity contribution in [2.24, 2.45) is 0 Å². The molecule has 3 aliphatic rings. The van der Waals surface area contributed by atoms with E-state index in [0.717, 1.165) is 39.3 Å². The lowest BCUT2D eigenvalue weighted by atomic mass is 9.82. The molecule has 0 bridgehead atoms. The Kier molecular flexibility index (Phi) is 7.09. The van der Waals surface area contributed by atoms with Crippen molar-refractivity contribution in [2.45, 2.75) is 45.2 Å². The number of nitrogens with zero attached hydrogens (tertiary/aromatic N) is 3. The Balaban J connectivity index is 1.46. The van der Waals surface area contributed by atoms with Gasteiger partial charge >= 0.3 is 6.03 Å². The van der Waals surface area contributed by atoms with Crippen LogP contribution in [0.3, 0.4) is 0 Å². The largest absolute Gasteiger partial charge is 0.497 e. The van der Waals surface area contributed by atoms with E-state index in [1.807, 2.05) is 52.8 Å². The molecule has 3 amide bonds. The molecule has 38 heavy (non-hydrogen) atoms. The van der Waals surface area contributed by atoms with E-state index in [-0.39, 0.29) is 11.9 Å². The van der Waals surface area contributed by atoms with Gasteiger partial charge in [0, 0.05) is 49.6 Å². The van der Waals surface area contributed by atoms with E-state index in [9.17, 15) is 9.59 Å². The zero-order valence-electron chi connectivity index (χ0n) is 23.0. The number of allylic oxidation sites excluding steroid dienone is 1. The van der Waals surface area contributed by atoms with Gasteiger partial charge in [-0.25, -0.2) is 4.79 Å². The van der Waals surface area contributed by atoms with E-state index in [1.54, 1.807) is 21.3 Å². The van der Waals surface area contributed by atoms with Gasteiger partial charge in [0.25, 0.3) is 5.91 Å². The third kappa shape index (κ3) is 4.41. The summed E-state index contributed by atoms with van der Waals surface area (Å²) >= 11 is 0. The topological polar surface area (TPSA) is 71.6 Å². The molecule has 0 radical (unpaired) electrons. The second kappa shape index (κ2) is 10.3. The molecule has 0 aromatic heterocycles. The van der Waals surface area contributed by atoms with Gasteiger partial charge in [-0.15, -0.1) is 0 Å². The lowest BCUT2D eigenvalue weighted by molar-refractivity contribution is 0.0514. The first-order chi connectivity index (χ1) is 18.3. The number of rotatable bonds is 6. The summed E-state index contributed by atoms with van der Waals surface area (Å²) < 4.78 is 16.6. The standard InChI is InChI=1S/C30H37N3O5/c1-20-14-21(2)16-22(15-20)28(34)31-10-8-30(9-11-31)27-7-6-25-23(17-24(37-4)18-26(25)38-5)19-32(27)29(35)33(30)12-13-36-3/h7,14-18H,6,8-13,19H2,1-5H3. The first kappa shape index (κ1) is 26.1. The molecular formula is C30H37N3O5. The highest BCUT2D eigenvalue weighted by molar-refractivity contribution is 5.95. The maximum atomic E-state index is 13.9. The molecule has 2 fully saturated rings. The molecule has 0 aliphatic carbocycles. The summed E-state index contributed by atoms with van der Waals surface area (Å²) in [6.07, 6.45) is 4.20. The number of benzene rings is 2. The summed E-state index contributed by atoms with van der Waals surface area (Å²) in [6, 6.07) is 9.87. The van der Waals surface area contributed by atoms with Crippen molar-refractivity contribution < 1.29 is 23.8 Å². The predicted molar refractivity (Wildman–Crippen MR) is 145 cm³/mol. The smallest absolute Gasteiger partial charge is 0.325 e. The van der Waals surface area contributed by atoms with Gasteiger partial charge in [-0.05, 0) is 56.9 Å². The highest BCUT2D eigenvalue weighted by atomic mass is 16.5. The Morgan fingerprint density at radius 1 is 0.974 bits per heavy atom. The lowest BCUT2D eigenvalue weighted by Gasteiger charge is -2.44. The van der Waals surface area contributed by atoms with Crippen LogP contribution in [0.1, 0.15) is 45.5 Å². The third-order valence-electron chi connectivity index (χ3n) is 8.17. The monoisotopic (exact) mass is 519 g/mol. The molecule has 0 saturated carbocycles. The minimum absolute atomic E-state index is 0.0166. The van der Waals surface area contributed by atoms with Crippen LogP contribution in [0.2, 0.25) is 0 Å². The zero-order valence-corrected chi connectivity index (χ0v) is 23.0. The summed E-state index contributed by atoms with van der Waals surface area (Å²) in [5.74, 6) is 1.53. The van der Waals surface area contributed by atoms with Gasteiger partial charge in [-0.1, -0.05) is 23.3 Å². The molecular weight excluding hydrogens is 482 g/mol. The number of carbonyl (C=O) groups excluding carboxylic acids is 2. The van der Waals surface area contributed by atoms with E-state index in [0.29, 0.717) is 57.8 Å². The third-order valence-corrected chi connectivity index (χ3v) is 8.17. The molecule has 0 atom stereocenters. The van der Waals surface area contributed by atoms with Crippen LogP contribution in [0, 0.1) is 13.8 Å². The van der Waals surface area contributed by atoms with E-state index in [4.69, 9.17) is 14.2 Å². The van der Waals surface area contributed by atoms with Crippen molar-refractivity contribution in [1.29, 1.82) is 0 Å². The molecule has 0 unspecified atom stereocenters. The number of aryl methyl sites for hydroxylation is 2. The number of amides is 3. The van der Waals surface area contributed by atoms with Crippen molar-refractivity contribution in [1.82, 2.24) is 14.7 Å². The Bertz CT molecular complexity index is 1260. The van der Waals surface area contributed by atoms with Gasteiger partial charge in [0.05, 0.1) is 32.9 Å². The number of ether oxygens (including phenoxy) is 3. The zero-order chi connectivity index (χ0) is 27.0. The molecule has 202 valence electrons. The number of methoxy groups -OCH3 is 3. The van der Waals surface area contributed by atoms with E-state index >= 15 is 0 Å². The number of urea groups is 1. The van der Waals surface area contributed by atoms with E-state index in [2.05, 4.69) is 12.1 Å². The number of likely N-dealkylation sites (tertiary alicyclic amines) is 1. The van der Waals surface area contributed by atoms with Crippen molar-refractivity contribution in [3.8, 4) is 11.5 Å². The number of piperidine rings is 1. The summed E-state index contributed by atoms with van der Waals surface area (Å²) in [4.78, 5) is 33.1. The fourth-order valence-corrected chi connectivity index (χ4v) is 6.37. The molecule has 1 spiro atoms. The summed E-state index contributed by atoms with van der Waals surface area (Å²) in [6.45, 7) is 6.60. The minimum Gasteiger partial charge on any atom is -0.497 e. The van der Waals surface area contributed by atoms with Crippen molar-refractivity contribution in [3.63, 3.8) is 0 Å². The number of fused-ring (bicyclic) bond motifs is 3. The maximum absolute atomic E-state index is 13.9. The van der Waals surface area contributed by atoms with E-state index < -0.39 is 5.54 Å². The van der Waals surface area contributed by atoms with Crippen LogP contribution in [0.25, 0.3) is 0 Å². The van der Waals surface area contributed by atoms with Gasteiger partial charge in [0.2, 0.25) is 0 Å². The molecule has 2 aromatic carbocycles. The van der Waals surface area contributed by atoms with Crippen LogP contribution in [0.4, 0.5) is 4.79 Å². The maximum Gasteiger partial charge on any atom is 0.325 e.